The summed E-state index contributed by atoms with van der Waals surface area (Å²) in [6, 6.07) is 11.1. The first kappa shape index (κ1) is 18.6. The van der Waals surface area contributed by atoms with E-state index in [1.807, 2.05) is 37.3 Å². The zero-order valence-electron chi connectivity index (χ0n) is 13.7. The molecular weight excluding hydrogens is 472 g/mol. The molecule has 0 saturated heterocycles. The summed E-state index contributed by atoms with van der Waals surface area (Å²) in [5.74, 6) is 0.626. The predicted molar refractivity (Wildman–Crippen MR) is 112 cm³/mol. The van der Waals surface area contributed by atoms with Crippen LogP contribution in [0.15, 0.2) is 42.7 Å². The summed E-state index contributed by atoms with van der Waals surface area (Å²) >= 11 is 8.21. The Labute approximate surface area is 164 Å². The van der Waals surface area contributed by atoms with E-state index in [1.54, 1.807) is 12.7 Å². The van der Waals surface area contributed by atoms with Crippen LogP contribution in [0.4, 0.5) is 11.5 Å². The van der Waals surface area contributed by atoms with Crippen LogP contribution in [0.25, 0.3) is 10.9 Å². The van der Waals surface area contributed by atoms with Gasteiger partial charge in [0.2, 0.25) is 7.37 Å². The molecule has 0 fully saturated rings. The highest BCUT2D eigenvalue weighted by atomic mass is 127. The van der Waals surface area contributed by atoms with Gasteiger partial charge in [0.15, 0.2) is 0 Å². The molecule has 2 aromatic carbocycles. The van der Waals surface area contributed by atoms with Gasteiger partial charge in [0, 0.05) is 26.3 Å². The summed E-state index contributed by atoms with van der Waals surface area (Å²) in [6.07, 6.45) is 1.50. The molecule has 5 nitrogen and oxygen atoms in total. The molecule has 0 radical (unpaired) electrons. The third-order valence-corrected chi connectivity index (χ3v) is 7.15. The smallest absolute Gasteiger partial charge is 0.230 e. The molecule has 3 aromatic rings. The minimum atomic E-state index is -2.91. The number of nitrogens with one attached hydrogen (secondary N) is 1. The van der Waals surface area contributed by atoms with Gasteiger partial charge in [-0.2, -0.15) is 0 Å². The monoisotopic (exact) mass is 487 g/mol. The molecule has 0 aliphatic rings. The van der Waals surface area contributed by atoms with Gasteiger partial charge in [0.05, 0.1) is 17.4 Å². The predicted octanol–water partition coefficient (Wildman–Crippen LogP) is 5.20. The van der Waals surface area contributed by atoms with Gasteiger partial charge in [-0.3, -0.25) is 4.57 Å². The summed E-state index contributed by atoms with van der Waals surface area (Å²) in [4.78, 5) is 8.65. The number of fused-ring (bicyclic) bond motifs is 1. The quantitative estimate of drug-likeness (QED) is 0.396. The van der Waals surface area contributed by atoms with Crippen molar-refractivity contribution in [2.75, 3.05) is 18.6 Å². The molecule has 1 unspecified atom stereocenters. The normalized spacial score (nSPS) is 13.6. The molecule has 0 saturated carbocycles. The van der Waals surface area contributed by atoms with Gasteiger partial charge in [0.25, 0.3) is 0 Å². The third-order valence-electron chi connectivity index (χ3n) is 3.60. The molecule has 0 aliphatic carbocycles. The molecule has 1 atom stereocenters. The lowest BCUT2D eigenvalue weighted by molar-refractivity contribution is 0.344. The highest BCUT2D eigenvalue weighted by Crippen LogP contribution is 2.43. The van der Waals surface area contributed by atoms with E-state index in [2.05, 4.69) is 37.9 Å². The van der Waals surface area contributed by atoms with Crippen molar-refractivity contribution in [3.63, 3.8) is 0 Å². The Morgan fingerprint density at radius 3 is 2.80 bits per heavy atom. The van der Waals surface area contributed by atoms with E-state index in [0.717, 1.165) is 20.2 Å². The Balaban J connectivity index is 2.12. The van der Waals surface area contributed by atoms with Crippen LogP contribution in [0.1, 0.15) is 6.92 Å². The van der Waals surface area contributed by atoms with E-state index in [4.69, 9.17) is 16.1 Å². The average molecular weight is 488 g/mol. The Morgan fingerprint density at radius 1 is 1.28 bits per heavy atom. The SMILES string of the molecule is CCOP(C)(=O)c1cc2c(Nc3cccc(Cl)c3)ncnc2cc1I. The lowest BCUT2D eigenvalue weighted by atomic mass is 10.2. The Hall–Kier alpha value is -1.21. The Kier molecular flexibility index (Phi) is 5.63. The number of rotatable bonds is 5. The fourth-order valence-corrected chi connectivity index (χ4v) is 5.90. The van der Waals surface area contributed by atoms with Gasteiger partial charge < -0.3 is 9.84 Å². The molecule has 0 bridgehead atoms. The standard InChI is InChI=1S/C17H16ClIN3O2P/c1-3-24-25(2,23)16-8-13-15(9-14(16)19)20-10-21-17(13)22-12-6-4-5-11(18)7-12/h4-10H,3H2,1-2H3,(H,20,21,22). The number of anilines is 2. The second-order valence-corrected chi connectivity index (χ2v) is 9.47. The van der Waals surface area contributed by atoms with Crippen molar-refractivity contribution in [3.8, 4) is 0 Å². The fraction of sp³-hybridized carbons (Fsp3) is 0.176. The van der Waals surface area contributed by atoms with Crippen LogP contribution in [-0.4, -0.2) is 23.2 Å². The van der Waals surface area contributed by atoms with Gasteiger partial charge in [-0.1, -0.05) is 17.7 Å². The van der Waals surface area contributed by atoms with Crippen LogP contribution in [0.3, 0.4) is 0 Å². The van der Waals surface area contributed by atoms with E-state index in [-0.39, 0.29) is 0 Å². The summed E-state index contributed by atoms with van der Waals surface area (Å²) in [6.45, 7) is 3.85. The molecule has 130 valence electrons. The van der Waals surface area contributed by atoms with E-state index in [1.165, 1.54) is 6.33 Å². The lowest BCUT2D eigenvalue weighted by Crippen LogP contribution is -2.11. The third kappa shape index (κ3) is 4.14. The van der Waals surface area contributed by atoms with Crippen molar-refractivity contribution in [1.82, 2.24) is 9.97 Å². The van der Waals surface area contributed by atoms with Crippen molar-refractivity contribution >= 4 is 69.3 Å². The topological polar surface area (TPSA) is 64.1 Å². The molecule has 1 aromatic heterocycles. The second-order valence-electron chi connectivity index (χ2n) is 5.44. The number of nitrogens with zero attached hydrogens (tertiary/aromatic N) is 2. The molecule has 0 aliphatic heterocycles. The van der Waals surface area contributed by atoms with E-state index in [0.29, 0.717) is 22.8 Å². The number of benzene rings is 2. The average Bonchev–Trinajstić information content (AvgIpc) is 2.54. The number of aromatic nitrogens is 2. The number of halogens is 2. The van der Waals surface area contributed by atoms with E-state index < -0.39 is 7.37 Å². The van der Waals surface area contributed by atoms with Crippen molar-refractivity contribution in [2.45, 2.75) is 6.92 Å². The molecular formula is C17H16ClIN3O2P. The fourth-order valence-electron chi connectivity index (χ4n) is 2.50. The van der Waals surface area contributed by atoms with Gasteiger partial charge >= 0.3 is 0 Å². The zero-order valence-corrected chi connectivity index (χ0v) is 17.5. The summed E-state index contributed by atoms with van der Waals surface area (Å²) < 4.78 is 19.2. The highest BCUT2D eigenvalue weighted by Gasteiger charge is 2.23. The maximum atomic E-state index is 12.9. The maximum Gasteiger partial charge on any atom is 0.230 e. The second kappa shape index (κ2) is 7.58. The Morgan fingerprint density at radius 2 is 2.08 bits per heavy atom. The summed E-state index contributed by atoms with van der Waals surface area (Å²) in [7, 11) is -2.91. The Bertz CT molecular complexity index is 983. The highest BCUT2D eigenvalue weighted by molar-refractivity contribution is 14.1. The van der Waals surface area contributed by atoms with Crippen molar-refractivity contribution in [1.29, 1.82) is 0 Å². The minimum absolute atomic E-state index is 0.390. The largest absolute Gasteiger partial charge is 0.340 e. The van der Waals surface area contributed by atoms with Crippen LogP contribution in [0.2, 0.25) is 5.02 Å². The van der Waals surface area contributed by atoms with Gasteiger partial charge in [0.1, 0.15) is 12.1 Å². The van der Waals surface area contributed by atoms with Gasteiger partial charge in [-0.25, -0.2) is 9.97 Å². The minimum Gasteiger partial charge on any atom is -0.340 e. The van der Waals surface area contributed by atoms with Crippen LogP contribution >= 0.6 is 41.6 Å². The molecule has 1 heterocycles. The van der Waals surface area contributed by atoms with Crippen LogP contribution in [0, 0.1) is 3.57 Å². The molecule has 0 amide bonds. The number of hydrogen-bond acceptors (Lipinski definition) is 5. The van der Waals surface area contributed by atoms with Crippen LogP contribution in [-0.2, 0) is 9.09 Å². The van der Waals surface area contributed by atoms with Crippen LogP contribution in [0.5, 0.6) is 0 Å². The van der Waals surface area contributed by atoms with Gasteiger partial charge in [-0.15, -0.1) is 0 Å². The van der Waals surface area contributed by atoms with E-state index in [9.17, 15) is 4.57 Å². The molecule has 8 heteroatoms. The first-order valence-corrected chi connectivity index (χ1v) is 11.1. The summed E-state index contributed by atoms with van der Waals surface area (Å²) in [5, 5.41) is 5.33. The van der Waals surface area contributed by atoms with Crippen molar-refractivity contribution < 1.29 is 9.09 Å². The first-order valence-electron chi connectivity index (χ1n) is 7.60. The van der Waals surface area contributed by atoms with Gasteiger partial charge in [-0.05, 0) is 59.8 Å². The first-order chi connectivity index (χ1) is 11.9. The number of hydrogen-bond donors (Lipinski definition) is 1. The molecule has 1 N–H and O–H groups in total. The van der Waals surface area contributed by atoms with Crippen molar-refractivity contribution in [2.24, 2.45) is 0 Å². The van der Waals surface area contributed by atoms with E-state index >= 15 is 0 Å². The molecule has 3 rings (SSSR count). The molecule has 0 spiro atoms. The summed E-state index contributed by atoms with van der Waals surface area (Å²) in [5.41, 5.74) is 1.58. The molecule has 25 heavy (non-hydrogen) atoms. The maximum absolute atomic E-state index is 12.9. The van der Waals surface area contributed by atoms with Crippen LogP contribution < -0.4 is 10.6 Å². The zero-order chi connectivity index (χ0) is 18.0. The lowest BCUT2D eigenvalue weighted by Gasteiger charge is -2.16. The van der Waals surface area contributed by atoms with Crippen molar-refractivity contribution in [3.05, 3.63) is 51.3 Å².